The van der Waals surface area contributed by atoms with Crippen LogP contribution in [0.3, 0.4) is 0 Å². The molecule has 0 spiro atoms. The number of ether oxygens (including phenoxy) is 1. The Hall–Kier alpha value is -4.69. The summed E-state index contributed by atoms with van der Waals surface area (Å²) in [6.07, 6.45) is 0. The first-order valence-electron chi connectivity index (χ1n) is 12.8. The summed E-state index contributed by atoms with van der Waals surface area (Å²) in [6, 6.07) is 26.2. The van der Waals surface area contributed by atoms with Gasteiger partial charge in [0, 0.05) is 21.8 Å². The van der Waals surface area contributed by atoms with Crippen LogP contribution in [-0.4, -0.2) is 26.7 Å². The van der Waals surface area contributed by atoms with Gasteiger partial charge in [0.25, 0.3) is 0 Å². The summed E-state index contributed by atoms with van der Waals surface area (Å²) in [5.74, 6) is 1.68. The van der Waals surface area contributed by atoms with Crippen molar-refractivity contribution in [1.29, 1.82) is 0 Å². The maximum Gasteiger partial charge on any atom is 0.323 e. The first-order valence-corrected chi connectivity index (χ1v) is 13.2. The maximum atomic E-state index is 13.1. The van der Waals surface area contributed by atoms with Crippen molar-refractivity contribution < 1.29 is 9.53 Å². The number of aromatic amines is 1. The quantitative estimate of drug-likeness (QED) is 0.197. The van der Waals surface area contributed by atoms with Gasteiger partial charge in [-0.3, -0.25) is 0 Å². The fourth-order valence-electron chi connectivity index (χ4n) is 4.34. The SMILES string of the molecule is Cc1ccc(NC(=O)Nc2cc(-c3ccc(Cl)cc3-c3nnn[nH]3)ccc2Oc2ccccc2C(C)(C)C)cc1. The summed E-state index contributed by atoms with van der Waals surface area (Å²) in [7, 11) is 0. The highest BCUT2D eigenvalue weighted by Crippen LogP contribution is 2.40. The first kappa shape index (κ1) is 26.9. The number of carbonyl (C=O) groups is 1. The highest BCUT2D eigenvalue weighted by Gasteiger charge is 2.21. The third kappa shape index (κ3) is 6.13. The lowest BCUT2D eigenvalue weighted by Crippen LogP contribution is -2.20. The highest BCUT2D eigenvalue weighted by molar-refractivity contribution is 6.31. The zero-order chi connectivity index (χ0) is 28.3. The Bertz CT molecular complexity index is 1640. The van der Waals surface area contributed by atoms with E-state index in [0.717, 1.165) is 27.8 Å². The molecule has 2 amide bonds. The predicted octanol–water partition coefficient (Wildman–Crippen LogP) is 8.23. The molecule has 0 saturated carbocycles. The number of halogens is 1. The Kier molecular flexibility index (Phi) is 7.53. The smallest absolute Gasteiger partial charge is 0.323 e. The van der Waals surface area contributed by atoms with E-state index in [2.05, 4.69) is 52.0 Å². The Morgan fingerprint density at radius 3 is 2.38 bits per heavy atom. The van der Waals surface area contributed by atoms with Gasteiger partial charge < -0.3 is 15.4 Å². The molecule has 0 aliphatic rings. The van der Waals surface area contributed by atoms with E-state index >= 15 is 0 Å². The van der Waals surface area contributed by atoms with Gasteiger partial charge in [0.15, 0.2) is 11.6 Å². The average Bonchev–Trinajstić information content (AvgIpc) is 3.46. The molecular weight excluding hydrogens is 524 g/mol. The standard InChI is InChI=1S/C31H29ClN6O2/c1-19-9-13-22(14-10-19)33-30(39)34-26-17-20(23-15-12-21(32)18-24(23)29-35-37-38-36-29)11-16-28(26)40-27-8-6-5-7-25(27)31(2,3)4/h5-18H,1-4H3,(H2,33,34,39)(H,35,36,37,38). The van der Waals surface area contributed by atoms with Crippen molar-refractivity contribution in [2.24, 2.45) is 0 Å². The zero-order valence-corrected chi connectivity index (χ0v) is 23.4. The largest absolute Gasteiger partial charge is 0.455 e. The summed E-state index contributed by atoms with van der Waals surface area (Å²) in [5.41, 5.74) is 5.53. The molecule has 5 rings (SSSR count). The lowest BCUT2D eigenvalue weighted by atomic mass is 9.86. The number of tetrazole rings is 1. The molecule has 0 aliphatic heterocycles. The molecule has 0 bridgehead atoms. The molecule has 8 nitrogen and oxygen atoms in total. The van der Waals surface area contributed by atoms with E-state index in [4.69, 9.17) is 16.3 Å². The van der Waals surface area contributed by atoms with Crippen LogP contribution >= 0.6 is 11.6 Å². The van der Waals surface area contributed by atoms with Gasteiger partial charge in [0.2, 0.25) is 0 Å². The summed E-state index contributed by atoms with van der Waals surface area (Å²) in [5, 5.41) is 20.7. The maximum absolute atomic E-state index is 13.1. The number of para-hydroxylation sites is 1. The van der Waals surface area contributed by atoms with E-state index in [1.807, 2.05) is 79.7 Å². The van der Waals surface area contributed by atoms with Crippen molar-refractivity contribution in [3.63, 3.8) is 0 Å². The number of carbonyl (C=O) groups excluding carboxylic acids is 1. The van der Waals surface area contributed by atoms with Crippen molar-refractivity contribution in [1.82, 2.24) is 20.6 Å². The number of rotatable bonds is 6. The Labute approximate surface area is 237 Å². The summed E-state index contributed by atoms with van der Waals surface area (Å²) in [6.45, 7) is 8.39. The van der Waals surface area contributed by atoms with E-state index in [1.165, 1.54) is 0 Å². The summed E-state index contributed by atoms with van der Waals surface area (Å²) >= 11 is 6.31. The zero-order valence-electron chi connectivity index (χ0n) is 22.6. The molecule has 1 aromatic heterocycles. The van der Waals surface area contributed by atoms with Crippen LogP contribution in [-0.2, 0) is 5.41 Å². The molecule has 4 aromatic carbocycles. The van der Waals surface area contributed by atoms with Gasteiger partial charge in [0.05, 0.1) is 5.69 Å². The number of aryl methyl sites for hydroxylation is 1. The molecular formula is C31H29ClN6O2. The van der Waals surface area contributed by atoms with Gasteiger partial charge in [0.1, 0.15) is 5.75 Å². The third-order valence-electron chi connectivity index (χ3n) is 6.35. The fraction of sp³-hybridized carbons (Fsp3) is 0.161. The number of nitrogens with zero attached hydrogens (tertiary/aromatic N) is 3. The Morgan fingerprint density at radius 1 is 0.875 bits per heavy atom. The molecule has 0 aliphatic carbocycles. The minimum Gasteiger partial charge on any atom is -0.455 e. The number of amides is 2. The number of nitrogens with one attached hydrogen (secondary N) is 3. The number of hydrogen-bond acceptors (Lipinski definition) is 5. The second-order valence-electron chi connectivity index (χ2n) is 10.4. The average molecular weight is 553 g/mol. The van der Waals surface area contributed by atoms with Crippen LogP contribution in [0.15, 0.2) is 84.9 Å². The lowest BCUT2D eigenvalue weighted by molar-refractivity contribution is 0.262. The van der Waals surface area contributed by atoms with Crippen molar-refractivity contribution >= 4 is 29.0 Å². The van der Waals surface area contributed by atoms with Gasteiger partial charge in [-0.15, -0.1) is 5.10 Å². The minimum atomic E-state index is -0.397. The Balaban J connectivity index is 1.55. The van der Waals surface area contributed by atoms with Crippen molar-refractivity contribution in [2.75, 3.05) is 10.6 Å². The molecule has 3 N–H and O–H groups in total. The van der Waals surface area contributed by atoms with Crippen LogP contribution in [0.2, 0.25) is 5.02 Å². The van der Waals surface area contributed by atoms with E-state index in [1.54, 1.807) is 12.1 Å². The van der Waals surface area contributed by atoms with Crippen molar-refractivity contribution in [2.45, 2.75) is 33.1 Å². The predicted molar refractivity (Wildman–Crippen MR) is 159 cm³/mol. The van der Waals surface area contributed by atoms with E-state index in [-0.39, 0.29) is 5.41 Å². The second-order valence-corrected chi connectivity index (χ2v) is 10.9. The molecule has 40 heavy (non-hydrogen) atoms. The number of H-pyrrole nitrogens is 1. The van der Waals surface area contributed by atoms with Crippen LogP contribution in [0.4, 0.5) is 16.2 Å². The number of benzene rings is 4. The van der Waals surface area contributed by atoms with Crippen LogP contribution < -0.4 is 15.4 Å². The van der Waals surface area contributed by atoms with Gasteiger partial charge in [-0.1, -0.05) is 80.4 Å². The molecule has 5 aromatic rings. The molecule has 9 heteroatoms. The number of anilines is 2. The fourth-order valence-corrected chi connectivity index (χ4v) is 4.51. The molecule has 0 unspecified atom stereocenters. The highest BCUT2D eigenvalue weighted by atomic mass is 35.5. The molecule has 202 valence electrons. The van der Waals surface area contributed by atoms with Crippen LogP contribution in [0.25, 0.3) is 22.5 Å². The number of urea groups is 1. The Morgan fingerprint density at radius 2 is 1.65 bits per heavy atom. The molecule has 1 heterocycles. The molecule has 0 radical (unpaired) electrons. The molecule has 0 saturated heterocycles. The minimum absolute atomic E-state index is 0.143. The van der Waals surface area contributed by atoms with E-state index in [0.29, 0.717) is 33.7 Å². The molecule has 0 fully saturated rings. The lowest BCUT2D eigenvalue weighted by Gasteiger charge is -2.23. The first-order chi connectivity index (χ1) is 19.2. The van der Waals surface area contributed by atoms with Crippen molar-refractivity contribution in [3.8, 4) is 34.0 Å². The normalized spacial score (nSPS) is 11.2. The van der Waals surface area contributed by atoms with Crippen LogP contribution in [0, 0.1) is 6.92 Å². The van der Waals surface area contributed by atoms with Crippen LogP contribution in [0.5, 0.6) is 11.5 Å². The summed E-state index contributed by atoms with van der Waals surface area (Å²) < 4.78 is 6.44. The number of hydrogen-bond donors (Lipinski definition) is 3. The van der Waals surface area contributed by atoms with Gasteiger partial charge >= 0.3 is 6.03 Å². The molecule has 0 atom stereocenters. The topological polar surface area (TPSA) is 105 Å². The van der Waals surface area contributed by atoms with Crippen molar-refractivity contribution in [3.05, 3.63) is 101 Å². The van der Waals surface area contributed by atoms with E-state index in [9.17, 15) is 4.79 Å². The van der Waals surface area contributed by atoms with Gasteiger partial charge in [-0.25, -0.2) is 9.89 Å². The monoisotopic (exact) mass is 552 g/mol. The second kappa shape index (κ2) is 11.2. The summed E-state index contributed by atoms with van der Waals surface area (Å²) in [4.78, 5) is 13.1. The number of aromatic nitrogens is 4. The van der Waals surface area contributed by atoms with Gasteiger partial charge in [-0.2, -0.15) is 0 Å². The van der Waals surface area contributed by atoms with Gasteiger partial charge in [-0.05, 0) is 76.4 Å². The van der Waals surface area contributed by atoms with Crippen LogP contribution in [0.1, 0.15) is 31.9 Å². The third-order valence-corrected chi connectivity index (χ3v) is 6.58. The van der Waals surface area contributed by atoms with E-state index < -0.39 is 6.03 Å².